The van der Waals surface area contributed by atoms with Crippen molar-refractivity contribution < 1.29 is 0 Å². The number of halogens is 2. The zero-order valence-corrected chi connectivity index (χ0v) is 11.9. The smallest absolute Gasteiger partial charge is 0.0426 e. The normalized spacial score (nSPS) is 10.7. The van der Waals surface area contributed by atoms with Gasteiger partial charge in [-0.3, -0.25) is 0 Å². The van der Waals surface area contributed by atoms with Crippen molar-refractivity contribution in [3.63, 3.8) is 0 Å². The van der Waals surface area contributed by atoms with Crippen LogP contribution in [0.4, 0.5) is 0 Å². The third kappa shape index (κ3) is 3.05. The largest absolute Gasteiger partial charge is 0.316 e. The van der Waals surface area contributed by atoms with Gasteiger partial charge in [0.2, 0.25) is 0 Å². The Morgan fingerprint density at radius 3 is 2.28 bits per heavy atom. The molecule has 0 heterocycles. The van der Waals surface area contributed by atoms with E-state index in [1.165, 1.54) is 16.7 Å². The lowest BCUT2D eigenvalue weighted by Gasteiger charge is -2.11. The van der Waals surface area contributed by atoms with Crippen LogP contribution in [0.2, 0.25) is 10.0 Å². The van der Waals surface area contributed by atoms with Gasteiger partial charge in [-0.1, -0.05) is 47.0 Å². The van der Waals surface area contributed by atoms with E-state index >= 15 is 0 Å². The standard InChI is InChI=1S/C15H15Cl2N/c1-10-3-4-11(9-18-2)15(5-10)12-6-13(16)8-14(17)7-12/h3-8,18H,9H2,1-2H3. The summed E-state index contributed by atoms with van der Waals surface area (Å²) in [5.74, 6) is 0. The van der Waals surface area contributed by atoms with Gasteiger partial charge in [0.25, 0.3) is 0 Å². The van der Waals surface area contributed by atoms with Gasteiger partial charge in [0, 0.05) is 16.6 Å². The van der Waals surface area contributed by atoms with Crippen molar-refractivity contribution in [1.29, 1.82) is 0 Å². The third-order valence-corrected chi connectivity index (χ3v) is 3.24. The molecule has 1 nitrogen and oxygen atoms in total. The topological polar surface area (TPSA) is 12.0 Å². The molecule has 0 unspecified atom stereocenters. The summed E-state index contributed by atoms with van der Waals surface area (Å²) in [6.07, 6.45) is 0. The molecule has 0 aliphatic carbocycles. The van der Waals surface area contributed by atoms with Crippen LogP contribution in [0.25, 0.3) is 11.1 Å². The zero-order chi connectivity index (χ0) is 13.1. The molecule has 2 rings (SSSR count). The average molecular weight is 280 g/mol. The molecule has 0 bridgehead atoms. The van der Waals surface area contributed by atoms with Crippen LogP contribution >= 0.6 is 23.2 Å². The summed E-state index contributed by atoms with van der Waals surface area (Å²) in [6.45, 7) is 2.90. The zero-order valence-electron chi connectivity index (χ0n) is 10.4. The second-order valence-corrected chi connectivity index (χ2v) is 5.22. The quantitative estimate of drug-likeness (QED) is 0.860. The van der Waals surface area contributed by atoms with E-state index in [9.17, 15) is 0 Å². The maximum atomic E-state index is 6.07. The summed E-state index contributed by atoms with van der Waals surface area (Å²) in [5.41, 5.74) is 4.69. The molecule has 2 aromatic carbocycles. The Kier molecular flexibility index (Phi) is 4.28. The number of benzene rings is 2. The minimum atomic E-state index is 0.661. The molecule has 2 aromatic rings. The fourth-order valence-corrected chi connectivity index (χ4v) is 2.54. The van der Waals surface area contributed by atoms with Crippen LogP contribution in [0, 0.1) is 6.92 Å². The summed E-state index contributed by atoms with van der Waals surface area (Å²) in [7, 11) is 1.94. The lowest BCUT2D eigenvalue weighted by Crippen LogP contribution is -2.06. The van der Waals surface area contributed by atoms with Crippen molar-refractivity contribution in [2.45, 2.75) is 13.5 Å². The van der Waals surface area contributed by atoms with Gasteiger partial charge in [-0.05, 0) is 48.9 Å². The molecule has 0 amide bonds. The average Bonchev–Trinajstić information content (AvgIpc) is 2.30. The number of hydrogen-bond donors (Lipinski definition) is 1. The maximum absolute atomic E-state index is 6.07. The van der Waals surface area contributed by atoms with E-state index in [-0.39, 0.29) is 0 Å². The monoisotopic (exact) mass is 279 g/mol. The van der Waals surface area contributed by atoms with Gasteiger partial charge >= 0.3 is 0 Å². The fourth-order valence-electron chi connectivity index (χ4n) is 2.01. The maximum Gasteiger partial charge on any atom is 0.0426 e. The van der Waals surface area contributed by atoms with Crippen LogP contribution in [0.5, 0.6) is 0 Å². The van der Waals surface area contributed by atoms with Crippen LogP contribution in [0.3, 0.4) is 0 Å². The number of rotatable bonds is 3. The first-order chi connectivity index (χ1) is 8.60. The predicted molar refractivity (Wildman–Crippen MR) is 79.4 cm³/mol. The van der Waals surface area contributed by atoms with Crippen molar-refractivity contribution >= 4 is 23.2 Å². The first-order valence-electron chi connectivity index (χ1n) is 5.81. The Bertz CT molecular complexity index is 544. The van der Waals surface area contributed by atoms with Crippen LogP contribution in [-0.2, 0) is 6.54 Å². The second kappa shape index (κ2) is 5.75. The molecule has 0 saturated heterocycles. The Balaban J connectivity index is 2.57. The first kappa shape index (κ1) is 13.4. The van der Waals surface area contributed by atoms with E-state index < -0.39 is 0 Å². The fraction of sp³-hybridized carbons (Fsp3) is 0.200. The summed E-state index contributed by atoms with van der Waals surface area (Å²) in [5, 5.41) is 4.50. The van der Waals surface area contributed by atoms with Crippen molar-refractivity contribution in [3.05, 3.63) is 57.6 Å². The van der Waals surface area contributed by atoms with Crippen LogP contribution in [0.1, 0.15) is 11.1 Å². The molecule has 0 aliphatic heterocycles. The molecule has 0 radical (unpaired) electrons. The highest BCUT2D eigenvalue weighted by Crippen LogP contribution is 2.30. The molecule has 0 aromatic heterocycles. The summed E-state index contributed by atoms with van der Waals surface area (Å²) in [6, 6.07) is 12.1. The molecular weight excluding hydrogens is 265 g/mol. The van der Waals surface area contributed by atoms with Gasteiger partial charge in [-0.25, -0.2) is 0 Å². The van der Waals surface area contributed by atoms with Crippen molar-refractivity contribution in [2.24, 2.45) is 0 Å². The third-order valence-electron chi connectivity index (χ3n) is 2.81. The highest BCUT2D eigenvalue weighted by molar-refractivity contribution is 6.35. The Morgan fingerprint density at radius 2 is 1.67 bits per heavy atom. The summed E-state index contributed by atoms with van der Waals surface area (Å²) in [4.78, 5) is 0. The molecule has 94 valence electrons. The Labute approximate surface area is 118 Å². The van der Waals surface area contributed by atoms with Crippen molar-refractivity contribution in [2.75, 3.05) is 7.05 Å². The van der Waals surface area contributed by atoms with Gasteiger partial charge in [0.05, 0.1) is 0 Å². The Hall–Kier alpha value is -1.02. The van der Waals surface area contributed by atoms with E-state index in [2.05, 4.69) is 30.4 Å². The molecule has 0 fully saturated rings. The van der Waals surface area contributed by atoms with E-state index in [1.54, 1.807) is 6.07 Å². The van der Waals surface area contributed by atoms with Crippen LogP contribution in [-0.4, -0.2) is 7.05 Å². The molecule has 0 spiro atoms. The molecular formula is C15H15Cl2N. The summed E-state index contributed by atoms with van der Waals surface area (Å²) < 4.78 is 0. The van der Waals surface area contributed by atoms with E-state index in [0.717, 1.165) is 12.1 Å². The van der Waals surface area contributed by atoms with E-state index in [4.69, 9.17) is 23.2 Å². The van der Waals surface area contributed by atoms with Gasteiger partial charge in [0.1, 0.15) is 0 Å². The van der Waals surface area contributed by atoms with Crippen molar-refractivity contribution in [3.8, 4) is 11.1 Å². The van der Waals surface area contributed by atoms with Gasteiger partial charge in [-0.2, -0.15) is 0 Å². The molecule has 3 heteroatoms. The lowest BCUT2D eigenvalue weighted by molar-refractivity contribution is 0.819. The SMILES string of the molecule is CNCc1ccc(C)cc1-c1cc(Cl)cc(Cl)c1. The lowest BCUT2D eigenvalue weighted by atomic mass is 9.97. The van der Waals surface area contributed by atoms with E-state index in [0.29, 0.717) is 10.0 Å². The van der Waals surface area contributed by atoms with Crippen LogP contribution in [0.15, 0.2) is 36.4 Å². The van der Waals surface area contributed by atoms with Crippen LogP contribution < -0.4 is 5.32 Å². The van der Waals surface area contributed by atoms with Gasteiger partial charge in [-0.15, -0.1) is 0 Å². The minimum absolute atomic E-state index is 0.661. The molecule has 1 N–H and O–H groups in total. The molecule has 0 atom stereocenters. The summed E-state index contributed by atoms with van der Waals surface area (Å²) >= 11 is 12.1. The minimum Gasteiger partial charge on any atom is -0.316 e. The Morgan fingerprint density at radius 1 is 1.00 bits per heavy atom. The second-order valence-electron chi connectivity index (χ2n) is 4.35. The number of hydrogen-bond acceptors (Lipinski definition) is 1. The number of aryl methyl sites for hydroxylation is 1. The molecule has 0 saturated carbocycles. The van der Waals surface area contributed by atoms with Gasteiger partial charge < -0.3 is 5.32 Å². The first-order valence-corrected chi connectivity index (χ1v) is 6.56. The van der Waals surface area contributed by atoms with Crippen molar-refractivity contribution in [1.82, 2.24) is 5.32 Å². The highest BCUT2D eigenvalue weighted by atomic mass is 35.5. The molecule has 0 aliphatic rings. The number of nitrogens with one attached hydrogen (secondary N) is 1. The predicted octanol–water partition coefficient (Wildman–Crippen LogP) is 4.69. The van der Waals surface area contributed by atoms with Gasteiger partial charge in [0.15, 0.2) is 0 Å². The molecule has 18 heavy (non-hydrogen) atoms. The highest BCUT2D eigenvalue weighted by Gasteiger charge is 2.07. The van der Waals surface area contributed by atoms with E-state index in [1.807, 2.05) is 19.2 Å².